The molecule has 1 aliphatic rings. The number of amides is 1. The van der Waals surface area contributed by atoms with Gasteiger partial charge >= 0.3 is 5.97 Å². The lowest BCUT2D eigenvalue weighted by Crippen LogP contribution is -2.48. The summed E-state index contributed by atoms with van der Waals surface area (Å²) in [5.74, 6) is -1.32. The summed E-state index contributed by atoms with van der Waals surface area (Å²) in [5.41, 5.74) is -0.600. The third-order valence-corrected chi connectivity index (χ3v) is 6.21. The number of ether oxygens (including phenoxy) is 1. The molecule has 0 radical (unpaired) electrons. The van der Waals surface area contributed by atoms with Gasteiger partial charge in [-0.2, -0.15) is 0 Å². The van der Waals surface area contributed by atoms with E-state index in [0.717, 1.165) is 0 Å². The number of hydrogen-bond donors (Lipinski definition) is 1. The zero-order chi connectivity index (χ0) is 18.7. The number of nitrogens with zero attached hydrogens (tertiary/aromatic N) is 1. The van der Waals surface area contributed by atoms with Crippen LogP contribution in [-0.4, -0.2) is 62.9 Å². The molecule has 1 amide bonds. The minimum absolute atomic E-state index is 0.102. The lowest BCUT2D eigenvalue weighted by molar-refractivity contribution is -0.150. The van der Waals surface area contributed by atoms with Crippen LogP contribution in [0.1, 0.15) is 30.1 Å². The van der Waals surface area contributed by atoms with Crippen molar-refractivity contribution < 1.29 is 27.9 Å². The molecule has 0 aliphatic carbocycles. The molecule has 1 aliphatic heterocycles. The molecule has 1 aromatic rings. The van der Waals surface area contributed by atoms with E-state index in [1.165, 1.54) is 36.3 Å². The van der Waals surface area contributed by atoms with E-state index in [4.69, 9.17) is 4.74 Å². The van der Waals surface area contributed by atoms with E-state index < -0.39 is 21.2 Å². The highest BCUT2D eigenvalue weighted by molar-refractivity contribution is 7.91. The number of aliphatic carboxylic acids is 1. The third kappa shape index (κ3) is 4.38. The second-order valence-electron chi connectivity index (χ2n) is 6.53. The number of carbonyl (C=O) groups is 2. The summed E-state index contributed by atoms with van der Waals surface area (Å²) < 4.78 is 29.0. The Bertz CT molecular complexity index is 743. The number of carbonyl (C=O) groups excluding carboxylic acids is 1. The standard InChI is InChI=1S/C17H23NO6S/c1-17(16(20)21)8-3-9-18(12-17)15(19)13-4-6-14(7-5-13)25(22,23)11-10-24-2/h4-7H,3,8-12H2,1-2H3,(H,20,21). The fraction of sp³-hybridized carbons (Fsp3) is 0.529. The fourth-order valence-electron chi connectivity index (χ4n) is 2.89. The van der Waals surface area contributed by atoms with E-state index >= 15 is 0 Å². The van der Waals surface area contributed by atoms with Crippen LogP contribution in [-0.2, 0) is 19.4 Å². The highest BCUT2D eigenvalue weighted by Gasteiger charge is 2.39. The Morgan fingerprint density at radius 2 is 1.92 bits per heavy atom. The number of carboxylic acid groups (broad SMARTS) is 1. The van der Waals surface area contributed by atoms with Crippen molar-refractivity contribution in [2.75, 3.05) is 32.6 Å². The summed E-state index contributed by atoms with van der Waals surface area (Å²) in [7, 11) is -2.02. The number of carboxylic acids is 1. The SMILES string of the molecule is COCCS(=O)(=O)c1ccc(C(=O)N2CCCC(C)(C(=O)O)C2)cc1. The van der Waals surface area contributed by atoms with Crippen LogP contribution in [0.25, 0.3) is 0 Å². The van der Waals surface area contributed by atoms with Gasteiger partial charge in [0.15, 0.2) is 9.84 Å². The van der Waals surface area contributed by atoms with Gasteiger partial charge in [-0.15, -0.1) is 0 Å². The highest BCUT2D eigenvalue weighted by Crippen LogP contribution is 2.30. The van der Waals surface area contributed by atoms with Crippen LogP contribution in [0.3, 0.4) is 0 Å². The van der Waals surface area contributed by atoms with Crippen molar-refractivity contribution in [3.8, 4) is 0 Å². The maximum absolute atomic E-state index is 12.6. The molecular formula is C17H23NO6S. The zero-order valence-electron chi connectivity index (χ0n) is 14.4. The summed E-state index contributed by atoms with van der Waals surface area (Å²) in [6.07, 6.45) is 1.15. The Morgan fingerprint density at radius 3 is 2.48 bits per heavy atom. The summed E-state index contributed by atoms with van der Waals surface area (Å²) in [6.45, 7) is 2.38. The smallest absolute Gasteiger partial charge is 0.311 e. The van der Waals surface area contributed by atoms with Gasteiger partial charge < -0.3 is 14.7 Å². The topological polar surface area (TPSA) is 101 Å². The second kappa shape index (κ2) is 7.53. The number of piperidine rings is 1. The van der Waals surface area contributed by atoms with Gasteiger partial charge in [0.1, 0.15) is 0 Å². The van der Waals surface area contributed by atoms with Gasteiger partial charge in [-0.1, -0.05) is 0 Å². The van der Waals surface area contributed by atoms with E-state index in [9.17, 15) is 23.1 Å². The van der Waals surface area contributed by atoms with Gasteiger partial charge in [0.2, 0.25) is 0 Å². The molecule has 0 aromatic heterocycles. The Labute approximate surface area is 147 Å². The summed E-state index contributed by atoms with van der Waals surface area (Å²) in [5, 5.41) is 9.35. The predicted octanol–water partition coefficient (Wildman–Crippen LogP) is 1.43. The Balaban J connectivity index is 2.14. The Hall–Kier alpha value is -1.93. The first-order valence-electron chi connectivity index (χ1n) is 8.04. The molecule has 0 spiro atoms. The predicted molar refractivity (Wildman–Crippen MR) is 91.3 cm³/mol. The second-order valence-corrected chi connectivity index (χ2v) is 8.64. The number of rotatable bonds is 6. The van der Waals surface area contributed by atoms with Gasteiger partial charge in [-0.3, -0.25) is 9.59 Å². The average molecular weight is 369 g/mol. The molecule has 0 bridgehead atoms. The van der Waals surface area contributed by atoms with Crippen LogP contribution in [0, 0.1) is 5.41 Å². The summed E-state index contributed by atoms with van der Waals surface area (Å²) >= 11 is 0. The third-order valence-electron chi connectivity index (χ3n) is 4.52. The quantitative estimate of drug-likeness (QED) is 0.814. The number of benzene rings is 1. The molecule has 1 aromatic carbocycles. The van der Waals surface area contributed by atoms with E-state index in [-0.39, 0.29) is 29.7 Å². The summed E-state index contributed by atoms with van der Waals surface area (Å²) in [4.78, 5) is 25.7. The van der Waals surface area contributed by atoms with Gasteiger partial charge in [0.05, 0.1) is 22.7 Å². The van der Waals surface area contributed by atoms with Gasteiger partial charge in [0, 0.05) is 25.8 Å². The number of likely N-dealkylation sites (tertiary alicyclic amines) is 1. The van der Waals surface area contributed by atoms with Crippen molar-refractivity contribution in [3.63, 3.8) is 0 Å². The number of methoxy groups -OCH3 is 1. The van der Waals surface area contributed by atoms with E-state index in [1.807, 2.05) is 0 Å². The summed E-state index contributed by atoms with van der Waals surface area (Å²) in [6, 6.07) is 5.74. The van der Waals surface area contributed by atoms with Crippen LogP contribution >= 0.6 is 0 Å². The van der Waals surface area contributed by atoms with E-state index in [0.29, 0.717) is 24.9 Å². The van der Waals surface area contributed by atoms with Crippen molar-refractivity contribution in [1.82, 2.24) is 4.90 Å². The lowest BCUT2D eigenvalue weighted by Gasteiger charge is -2.37. The molecule has 8 heteroatoms. The van der Waals surface area contributed by atoms with E-state index in [2.05, 4.69) is 0 Å². The first-order chi connectivity index (χ1) is 11.7. The maximum Gasteiger partial charge on any atom is 0.311 e. The van der Waals surface area contributed by atoms with Crippen molar-refractivity contribution in [3.05, 3.63) is 29.8 Å². The first kappa shape index (κ1) is 19.4. The van der Waals surface area contributed by atoms with Crippen molar-refractivity contribution in [1.29, 1.82) is 0 Å². The van der Waals surface area contributed by atoms with Crippen LogP contribution in [0.2, 0.25) is 0 Å². The first-order valence-corrected chi connectivity index (χ1v) is 9.69. The molecule has 0 saturated carbocycles. The molecular weight excluding hydrogens is 346 g/mol. The van der Waals surface area contributed by atoms with Gasteiger partial charge in [-0.05, 0) is 44.0 Å². The van der Waals surface area contributed by atoms with Crippen LogP contribution in [0.15, 0.2) is 29.2 Å². The fourth-order valence-corrected chi connectivity index (χ4v) is 4.06. The van der Waals surface area contributed by atoms with E-state index in [1.54, 1.807) is 6.92 Å². The Kier molecular flexibility index (Phi) is 5.84. The Morgan fingerprint density at radius 1 is 1.28 bits per heavy atom. The molecule has 1 fully saturated rings. The molecule has 1 N–H and O–H groups in total. The molecule has 1 heterocycles. The minimum Gasteiger partial charge on any atom is -0.481 e. The number of hydrogen-bond acceptors (Lipinski definition) is 5. The molecule has 1 atom stereocenters. The van der Waals surface area contributed by atoms with Crippen LogP contribution in [0.5, 0.6) is 0 Å². The van der Waals surface area contributed by atoms with Crippen LogP contribution in [0.4, 0.5) is 0 Å². The lowest BCUT2D eigenvalue weighted by atomic mass is 9.82. The molecule has 2 rings (SSSR count). The minimum atomic E-state index is -3.45. The average Bonchev–Trinajstić information content (AvgIpc) is 2.59. The molecule has 7 nitrogen and oxygen atoms in total. The van der Waals surface area contributed by atoms with Crippen molar-refractivity contribution >= 4 is 21.7 Å². The molecule has 25 heavy (non-hydrogen) atoms. The van der Waals surface area contributed by atoms with Gasteiger partial charge in [0.25, 0.3) is 5.91 Å². The maximum atomic E-state index is 12.6. The van der Waals surface area contributed by atoms with Crippen molar-refractivity contribution in [2.45, 2.75) is 24.7 Å². The monoisotopic (exact) mass is 369 g/mol. The molecule has 1 unspecified atom stereocenters. The normalized spacial score (nSPS) is 21.1. The van der Waals surface area contributed by atoms with Crippen LogP contribution < -0.4 is 0 Å². The number of sulfone groups is 1. The van der Waals surface area contributed by atoms with Gasteiger partial charge in [-0.25, -0.2) is 8.42 Å². The zero-order valence-corrected chi connectivity index (χ0v) is 15.2. The highest BCUT2D eigenvalue weighted by atomic mass is 32.2. The molecule has 1 saturated heterocycles. The van der Waals surface area contributed by atoms with Crippen molar-refractivity contribution in [2.24, 2.45) is 5.41 Å². The largest absolute Gasteiger partial charge is 0.481 e. The molecule has 138 valence electrons.